The lowest BCUT2D eigenvalue weighted by Gasteiger charge is -2.07. The van der Waals surface area contributed by atoms with Gasteiger partial charge >= 0.3 is 0 Å². The van der Waals surface area contributed by atoms with Gasteiger partial charge in [-0.2, -0.15) is 0 Å². The van der Waals surface area contributed by atoms with Crippen molar-refractivity contribution < 1.29 is 9.53 Å². The van der Waals surface area contributed by atoms with E-state index in [1.54, 1.807) is 7.11 Å². The predicted molar refractivity (Wildman–Crippen MR) is 59.6 cm³/mol. The Bertz CT molecular complexity index is 500. The number of carbonyl (C=O) groups is 1. The Labute approximate surface area is 88.3 Å². The van der Waals surface area contributed by atoms with Gasteiger partial charge in [0.25, 0.3) is 0 Å². The number of nitrogens with zero attached hydrogens (tertiary/aromatic N) is 1. The highest BCUT2D eigenvalue weighted by atomic mass is 16.5. The van der Waals surface area contributed by atoms with Crippen molar-refractivity contribution in [2.45, 2.75) is 13.5 Å². The zero-order valence-corrected chi connectivity index (χ0v) is 8.86. The third kappa shape index (κ3) is 1.40. The van der Waals surface area contributed by atoms with Gasteiger partial charge in [-0.3, -0.25) is 4.79 Å². The maximum atomic E-state index is 10.9. The van der Waals surface area contributed by atoms with Crippen LogP contribution in [0.25, 0.3) is 10.9 Å². The van der Waals surface area contributed by atoms with Crippen molar-refractivity contribution in [3.05, 3.63) is 30.0 Å². The number of benzene rings is 1. The minimum Gasteiger partial charge on any atom is -0.495 e. The summed E-state index contributed by atoms with van der Waals surface area (Å²) < 4.78 is 7.25. The average Bonchev–Trinajstić information content (AvgIpc) is 2.66. The standard InChI is InChI=1S/C12H13NO2/c1-3-13-10(8-14)7-9-5-4-6-11(15-2)12(9)13/h4-8H,3H2,1-2H3. The second kappa shape index (κ2) is 3.77. The third-order valence-corrected chi connectivity index (χ3v) is 2.57. The Balaban J connectivity index is 2.83. The van der Waals surface area contributed by atoms with Gasteiger partial charge in [0.15, 0.2) is 6.29 Å². The first-order valence-electron chi connectivity index (χ1n) is 4.93. The fraction of sp³-hybridized carbons (Fsp3) is 0.250. The highest BCUT2D eigenvalue weighted by molar-refractivity contribution is 5.92. The zero-order valence-electron chi connectivity index (χ0n) is 8.86. The smallest absolute Gasteiger partial charge is 0.166 e. The van der Waals surface area contributed by atoms with Crippen LogP contribution in [0.15, 0.2) is 24.3 Å². The van der Waals surface area contributed by atoms with E-state index >= 15 is 0 Å². The highest BCUT2D eigenvalue weighted by Gasteiger charge is 2.10. The van der Waals surface area contributed by atoms with E-state index in [0.29, 0.717) is 5.69 Å². The van der Waals surface area contributed by atoms with Crippen LogP contribution in [-0.4, -0.2) is 18.0 Å². The molecule has 0 fully saturated rings. The number of aromatic nitrogens is 1. The Morgan fingerprint density at radius 3 is 2.87 bits per heavy atom. The number of hydrogen-bond acceptors (Lipinski definition) is 2. The molecule has 0 atom stereocenters. The van der Waals surface area contributed by atoms with Crippen LogP contribution in [0.1, 0.15) is 17.4 Å². The average molecular weight is 203 g/mol. The van der Waals surface area contributed by atoms with E-state index < -0.39 is 0 Å². The molecule has 0 amide bonds. The lowest BCUT2D eigenvalue weighted by molar-refractivity contribution is 0.111. The first kappa shape index (κ1) is 9.77. The largest absolute Gasteiger partial charge is 0.495 e. The van der Waals surface area contributed by atoms with Crippen molar-refractivity contribution in [3.8, 4) is 5.75 Å². The summed E-state index contributed by atoms with van der Waals surface area (Å²) in [5, 5.41) is 1.04. The summed E-state index contributed by atoms with van der Waals surface area (Å²) in [6.45, 7) is 2.77. The van der Waals surface area contributed by atoms with E-state index in [1.165, 1.54) is 0 Å². The summed E-state index contributed by atoms with van der Waals surface area (Å²) in [5.41, 5.74) is 1.68. The summed E-state index contributed by atoms with van der Waals surface area (Å²) in [5.74, 6) is 0.808. The van der Waals surface area contributed by atoms with E-state index in [4.69, 9.17) is 4.74 Å². The van der Waals surface area contributed by atoms with Crippen molar-refractivity contribution in [3.63, 3.8) is 0 Å². The molecule has 0 radical (unpaired) electrons. The summed E-state index contributed by atoms with van der Waals surface area (Å²) in [6.07, 6.45) is 0.878. The van der Waals surface area contributed by atoms with Crippen molar-refractivity contribution in [2.24, 2.45) is 0 Å². The van der Waals surface area contributed by atoms with Crippen molar-refractivity contribution in [1.29, 1.82) is 0 Å². The normalized spacial score (nSPS) is 10.5. The molecule has 0 unspecified atom stereocenters. The van der Waals surface area contributed by atoms with Crippen molar-refractivity contribution >= 4 is 17.2 Å². The zero-order chi connectivity index (χ0) is 10.8. The van der Waals surface area contributed by atoms with Crippen LogP contribution in [0.3, 0.4) is 0 Å². The molecule has 0 spiro atoms. The molecule has 1 aromatic heterocycles. The van der Waals surface area contributed by atoms with Crippen LogP contribution in [0, 0.1) is 0 Å². The van der Waals surface area contributed by atoms with E-state index in [9.17, 15) is 4.79 Å². The second-order valence-electron chi connectivity index (χ2n) is 3.33. The number of hydrogen-bond donors (Lipinski definition) is 0. The number of para-hydroxylation sites is 1. The molecule has 15 heavy (non-hydrogen) atoms. The molecule has 2 rings (SSSR count). The van der Waals surface area contributed by atoms with E-state index in [0.717, 1.165) is 29.5 Å². The highest BCUT2D eigenvalue weighted by Crippen LogP contribution is 2.28. The summed E-state index contributed by atoms with van der Waals surface area (Å²) in [6, 6.07) is 7.70. The van der Waals surface area contributed by atoms with Crippen LogP contribution in [0.4, 0.5) is 0 Å². The van der Waals surface area contributed by atoms with Crippen LogP contribution in [0.5, 0.6) is 5.75 Å². The molecule has 78 valence electrons. The fourth-order valence-electron chi connectivity index (χ4n) is 1.91. The first-order valence-corrected chi connectivity index (χ1v) is 4.93. The molecule has 0 saturated heterocycles. The maximum Gasteiger partial charge on any atom is 0.166 e. The molecule has 0 aliphatic heterocycles. The maximum absolute atomic E-state index is 10.9. The number of rotatable bonds is 3. The van der Waals surface area contributed by atoms with Gasteiger partial charge in [0.1, 0.15) is 5.75 Å². The van der Waals surface area contributed by atoms with Crippen LogP contribution in [0.2, 0.25) is 0 Å². The Hall–Kier alpha value is -1.77. The number of fused-ring (bicyclic) bond motifs is 1. The molecule has 0 N–H and O–H groups in total. The first-order chi connectivity index (χ1) is 7.31. The van der Waals surface area contributed by atoms with Crippen LogP contribution >= 0.6 is 0 Å². The minimum absolute atomic E-state index is 0.692. The summed E-state index contributed by atoms with van der Waals surface area (Å²) in [4.78, 5) is 10.9. The summed E-state index contributed by atoms with van der Waals surface area (Å²) >= 11 is 0. The number of aryl methyl sites for hydroxylation is 1. The quantitative estimate of drug-likeness (QED) is 0.717. The van der Waals surface area contributed by atoms with Gasteiger partial charge in [-0.25, -0.2) is 0 Å². The lowest BCUT2D eigenvalue weighted by Crippen LogP contribution is -2.00. The van der Waals surface area contributed by atoms with E-state index in [2.05, 4.69) is 0 Å². The topological polar surface area (TPSA) is 31.2 Å². The molecular weight excluding hydrogens is 190 g/mol. The van der Waals surface area contributed by atoms with Gasteiger partial charge in [-0.05, 0) is 19.1 Å². The van der Waals surface area contributed by atoms with Gasteiger partial charge in [0.05, 0.1) is 18.3 Å². The number of ether oxygens (including phenoxy) is 1. The SMILES string of the molecule is CCn1c(C=O)cc2cccc(OC)c21. The molecule has 3 heteroatoms. The Morgan fingerprint density at radius 2 is 2.27 bits per heavy atom. The third-order valence-electron chi connectivity index (χ3n) is 2.57. The molecule has 0 aliphatic carbocycles. The van der Waals surface area contributed by atoms with Gasteiger partial charge in [-0.1, -0.05) is 12.1 Å². The van der Waals surface area contributed by atoms with Crippen LogP contribution in [-0.2, 0) is 6.54 Å². The molecule has 2 aromatic rings. The van der Waals surface area contributed by atoms with E-state index in [-0.39, 0.29) is 0 Å². The molecule has 1 heterocycles. The van der Waals surface area contributed by atoms with E-state index in [1.807, 2.05) is 35.8 Å². The molecule has 1 aromatic carbocycles. The predicted octanol–water partition coefficient (Wildman–Crippen LogP) is 2.48. The number of carbonyl (C=O) groups excluding carboxylic acids is 1. The molecular formula is C12H13NO2. The molecule has 0 bridgehead atoms. The van der Waals surface area contributed by atoms with Crippen molar-refractivity contribution in [2.75, 3.05) is 7.11 Å². The van der Waals surface area contributed by atoms with Gasteiger partial charge in [0.2, 0.25) is 0 Å². The minimum atomic E-state index is 0.692. The number of aldehydes is 1. The van der Waals surface area contributed by atoms with Crippen molar-refractivity contribution in [1.82, 2.24) is 4.57 Å². The molecule has 0 saturated carbocycles. The van der Waals surface area contributed by atoms with Gasteiger partial charge in [0, 0.05) is 11.9 Å². The summed E-state index contributed by atoms with van der Waals surface area (Å²) in [7, 11) is 1.64. The molecule has 0 aliphatic rings. The second-order valence-corrected chi connectivity index (χ2v) is 3.33. The van der Waals surface area contributed by atoms with Crippen LogP contribution < -0.4 is 4.74 Å². The fourth-order valence-corrected chi connectivity index (χ4v) is 1.91. The number of methoxy groups -OCH3 is 1. The lowest BCUT2D eigenvalue weighted by atomic mass is 10.2. The monoisotopic (exact) mass is 203 g/mol. The van der Waals surface area contributed by atoms with Gasteiger partial charge in [-0.15, -0.1) is 0 Å². The Morgan fingerprint density at radius 1 is 1.47 bits per heavy atom. The van der Waals surface area contributed by atoms with Gasteiger partial charge < -0.3 is 9.30 Å². The Kier molecular flexibility index (Phi) is 2.46. The molecule has 3 nitrogen and oxygen atoms in total.